The molecule has 0 aliphatic heterocycles. The molecule has 0 aromatic rings. The van der Waals surface area contributed by atoms with Crippen molar-refractivity contribution >= 4 is 0 Å². The highest BCUT2D eigenvalue weighted by atomic mass is 15.3. The smallest absolute Gasteiger partial charge is 0.0971 e. The summed E-state index contributed by atoms with van der Waals surface area (Å²) in [4.78, 5) is 0. The molecule has 0 heterocycles. The largest absolute Gasteiger partial charge is 0.328 e. The molecule has 0 radical (unpaired) electrons. The lowest BCUT2D eigenvalue weighted by molar-refractivity contribution is -0.913. The molecule has 0 atom stereocenters. The van der Waals surface area contributed by atoms with Crippen LogP contribution in [0.1, 0.15) is 77.6 Å². The monoisotopic (exact) mass is 366 g/mol. The molecule has 0 saturated carbocycles. The lowest BCUT2D eigenvalue weighted by Crippen LogP contribution is -2.48. The second kappa shape index (κ2) is 15.5. The molecule has 2 nitrogen and oxygen atoms in total. The summed E-state index contributed by atoms with van der Waals surface area (Å²) < 4.78 is 2.21. The number of likely N-dealkylation sites (N-methyl/N-ethyl adjacent to an activating group) is 1. The normalized spacial score (nSPS) is 12.3. The minimum atomic E-state index is 1.04. The Hall–Kier alpha value is -0.600. The Morgan fingerprint density at radius 2 is 1.00 bits per heavy atom. The molecule has 0 spiro atoms. The van der Waals surface area contributed by atoms with Gasteiger partial charge in [0.25, 0.3) is 0 Å². The van der Waals surface area contributed by atoms with Gasteiger partial charge in [-0.25, -0.2) is 0 Å². The molecule has 0 aliphatic rings. The SMILES string of the molecule is C=CC[N+](C)(CC=C)CCC[N+](C)(C)CCCCCCCCCCCC. The van der Waals surface area contributed by atoms with Gasteiger partial charge in [0.2, 0.25) is 0 Å². The number of hydrogen-bond donors (Lipinski definition) is 0. The van der Waals surface area contributed by atoms with E-state index in [0.717, 1.165) is 17.6 Å². The molecule has 0 bridgehead atoms. The van der Waals surface area contributed by atoms with Crippen LogP contribution in [0.2, 0.25) is 0 Å². The van der Waals surface area contributed by atoms with Crippen LogP contribution in [0.4, 0.5) is 0 Å². The summed E-state index contributed by atoms with van der Waals surface area (Å²) >= 11 is 0. The molecule has 0 aromatic carbocycles. The molecule has 26 heavy (non-hydrogen) atoms. The highest BCUT2D eigenvalue weighted by Crippen LogP contribution is 2.13. The first kappa shape index (κ1) is 25.4. The van der Waals surface area contributed by atoms with Gasteiger partial charge in [0, 0.05) is 6.42 Å². The summed E-state index contributed by atoms with van der Waals surface area (Å²) in [6, 6.07) is 0. The van der Waals surface area contributed by atoms with E-state index in [0.29, 0.717) is 0 Å². The van der Waals surface area contributed by atoms with Gasteiger partial charge < -0.3 is 8.97 Å². The van der Waals surface area contributed by atoms with Crippen molar-refractivity contribution in [1.82, 2.24) is 0 Å². The van der Waals surface area contributed by atoms with Crippen LogP contribution in [0.5, 0.6) is 0 Å². The molecular weight excluding hydrogens is 316 g/mol. The average molecular weight is 367 g/mol. The first-order valence-electron chi connectivity index (χ1n) is 11.3. The summed E-state index contributed by atoms with van der Waals surface area (Å²) in [5, 5.41) is 0. The molecule has 0 fully saturated rings. The van der Waals surface area contributed by atoms with Crippen molar-refractivity contribution in [1.29, 1.82) is 0 Å². The van der Waals surface area contributed by atoms with E-state index in [-0.39, 0.29) is 0 Å². The molecule has 0 aromatic heterocycles. The summed E-state index contributed by atoms with van der Waals surface area (Å²) in [6.45, 7) is 16.0. The Morgan fingerprint density at radius 3 is 1.46 bits per heavy atom. The van der Waals surface area contributed by atoms with Crippen molar-refractivity contribution in [2.24, 2.45) is 0 Å². The number of rotatable bonds is 19. The van der Waals surface area contributed by atoms with Crippen molar-refractivity contribution in [3.63, 3.8) is 0 Å². The Labute approximate surface area is 166 Å². The maximum atomic E-state index is 3.92. The van der Waals surface area contributed by atoms with E-state index in [1.807, 2.05) is 12.2 Å². The number of nitrogens with zero attached hydrogens (tertiary/aromatic N) is 2. The minimum Gasteiger partial charge on any atom is -0.328 e. The van der Waals surface area contributed by atoms with E-state index in [9.17, 15) is 0 Å². The van der Waals surface area contributed by atoms with Gasteiger partial charge in [0.15, 0.2) is 0 Å². The maximum Gasteiger partial charge on any atom is 0.0971 e. The van der Waals surface area contributed by atoms with Crippen molar-refractivity contribution in [3.8, 4) is 0 Å². The Kier molecular flexibility index (Phi) is 15.1. The zero-order valence-corrected chi connectivity index (χ0v) is 18.8. The van der Waals surface area contributed by atoms with Crippen LogP contribution in [-0.4, -0.2) is 62.8 Å². The van der Waals surface area contributed by atoms with Crippen LogP contribution in [0, 0.1) is 0 Å². The fraction of sp³-hybridized carbons (Fsp3) is 0.833. The Balaban J connectivity index is 3.74. The van der Waals surface area contributed by atoms with Gasteiger partial charge in [-0.1, -0.05) is 71.4 Å². The zero-order valence-electron chi connectivity index (χ0n) is 18.8. The highest BCUT2D eigenvalue weighted by molar-refractivity contribution is 4.71. The third kappa shape index (κ3) is 14.6. The first-order valence-corrected chi connectivity index (χ1v) is 11.3. The molecule has 0 saturated heterocycles. The zero-order chi connectivity index (χ0) is 19.7. The average Bonchev–Trinajstić information content (AvgIpc) is 2.56. The molecule has 0 N–H and O–H groups in total. The van der Waals surface area contributed by atoms with Crippen molar-refractivity contribution in [2.45, 2.75) is 77.6 Å². The van der Waals surface area contributed by atoms with Gasteiger partial charge in [-0.15, -0.1) is 0 Å². The molecule has 0 unspecified atom stereocenters. The standard InChI is InChI=1S/C24H50N2/c1-7-10-11-12-13-14-15-16-17-18-22-25(4,5)23-19-24-26(6,20-8-2)21-9-3/h8-9H,2-3,7,10-24H2,1,4-6H3/q+2. The van der Waals surface area contributed by atoms with Gasteiger partial charge in [-0.2, -0.15) is 0 Å². The molecule has 2 heteroatoms. The summed E-state index contributed by atoms with van der Waals surface area (Å²) in [5.74, 6) is 0. The predicted octanol–water partition coefficient (Wildman–Crippen LogP) is 6.19. The molecular formula is C24H50N2+2. The van der Waals surface area contributed by atoms with Gasteiger partial charge in [-0.3, -0.25) is 0 Å². The van der Waals surface area contributed by atoms with E-state index >= 15 is 0 Å². The topological polar surface area (TPSA) is 0 Å². The Morgan fingerprint density at radius 1 is 0.577 bits per heavy atom. The van der Waals surface area contributed by atoms with Crippen LogP contribution >= 0.6 is 0 Å². The van der Waals surface area contributed by atoms with Crippen LogP contribution in [0.15, 0.2) is 25.3 Å². The second-order valence-corrected chi connectivity index (χ2v) is 9.20. The third-order valence-corrected chi connectivity index (χ3v) is 5.72. The first-order chi connectivity index (χ1) is 12.4. The second-order valence-electron chi connectivity index (χ2n) is 9.20. The predicted molar refractivity (Wildman–Crippen MR) is 119 cm³/mol. The molecule has 154 valence electrons. The molecule has 0 amide bonds. The summed E-state index contributed by atoms with van der Waals surface area (Å²) in [7, 11) is 7.13. The number of quaternary nitrogens is 2. The fourth-order valence-electron chi connectivity index (χ4n) is 3.90. The van der Waals surface area contributed by atoms with Gasteiger partial charge in [-0.05, 0) is 25.0 Å². The highest BCUT2D eigenvalue weighted by Gasteiger charge is 2.21. The van der Waals surface area contributed by atoms with Crippen molar-refractivity contribution < 1.29 is 8.97 Å². The lowest BCUT2D eigenvalue weighted by atomic mass is 10.1. The maximum absolute atomic E-state index is 3.92. The van der Waals surface area contributed by atoms with Crippen molar-refractivity contribution in [3.05, 3.63) is 25.3 Å². The van der Waals surface area contributed by atoms with E-state index < -0.39 is 0 Å². The van der Waals surface area contributed by atoms with E-state index in [1.165, 1.54) is 94.7 Å². The molecule has 0 rings (SSSR count). The number of unbranched alkanes of at least 4 members (excludes halogenated alkanes) is 9. The molecule has 0 aliphatic carbocycles. The van der Waals surface area contributed by atoms with Crippen LogP contribution in [0.25, 0.3) is 0 Å². The van der Waals surface area contributed by atoms with Crippen LogP contribution in [-0.2, 0) is 0 Å². The number of hydrogen-bond acceptors (Lipinski definition) is 0. The third-order valence-electron chi connectivity index (χ3n) is 5.72. The van der Waals surface area contributed by atoms with Gasteiger partial charge >= 0.3 is 0 Å². The van der Waals surface area contributed by atoms with Crippen LogP contribution < -0.4 is 0 Å². The van der Waals surface area contributed by atoms with E-state index in [1.54, 1.807) is 0 Å². The van der Waals surface area contributed by atoms with Crippen molar-refractivity contribution in [2.75, 3.05) is 53.9 Å². The summed E-state index contributed by atoms with van der Waals surface area (Å²) in [6.07, 6.45) is 19.6. The van der Waals surface area contributed by atoms with Crippen LogP contribution in [0.3, 0.4) is 0 Å². The quantitative estimate of drug-likeness (QED) is 0.145. The van der Waals surface area contributed by atoms with E-state index in [2.05, 4.69) is 41.2 Å². The van der Waals surface area contributed by atoms with E-state index in [4.69, 9.17) is 0 Å². The fourth-order valence-corrected chi connectivity index (χ4v) is 3.90. The van der Waals surface area contributed by atoms with Gasteiger partial charge in [0.1, 0.15) is 0 Å². The minimum absolute atomic E-state index is 1.04. The Bertz CT molecular complexity index is 336. The summed E-state index contributed by atoms with van der Waals surface area (Å²) in [5.41, 5.74) is 0. The lowest BCUT2D eigenvalue weighted by Gasteiger charge is -2.35. The van der Waals surface area contributed by atoms with Gasteiger partial charge in [0.05, 0.1) is 53.9 Å².